The molecule has 0 N–H and O–H groups in total. The molecule has 94 valence electrons. The van der Waals surface area contributed by atoms with Gasteiger partial charge in [-0.1, -0.05) is 5.11 Å². The molecule has 0 bridgehead atoms. The van der Waals surface area contributed by atoms with Gasteiger partial charge in [-0.2, -0.15) is 0 Å². The zero-order chi connectivity index (χ0) is 12.8. The molecule has 0 spiro atoms. The number of hydrogen-bond donors (Lipinski definition) is 0. The van der Waals surface area contributed by atoms with Crippen LogP contribution in [0.15, 0.2) is 5.11 Å². The first-order chi connectivity index (χ1) is 8.02. The molecule has 1 aliphatic heterocycles. The van der Waals surface area contributed by atoms with E-state index >= 15 is 0 Å². The van der Waals surface area contributed by atoms with E-state index in [4.69, 9.17) is 19.7 Å². The molecule has 1 rings (SSSR count). The van der Waals surface area contributed by atoms with Gasteiger partial charge in [-0.25, -0.2) is 0 Å². The number of rotatable bonds is 4. The van der Waals surface area contributed by atoms with Crippen molar-refractivity contribution in [3.63, 3.8) is 0 Å². The van der Waals surface area contributed by atoms with Crippen molar-refractivity contribution < 1.29 is 23.8 Å². The molecule has 17 heavy (non-hydrogen) atoms. The molecule has 1 heterocycles. The number of carbonyl (C=O) groups is 2. The Hall–Kier alpha value is -1.79. The summed E-state index contributed by atoms with van der Waals surface area (Å²) in [5, 5.41) is 3.36. The lowest BCUT2D eigenvalue weighted by Gasteiger charge is -2.17. The Labute approximate surface area is 97.5 Å². The molecule has 3 atom stereocenters. The van der Waals surface area contributed by atoms with E-state index in [1.54, 1.807) is 0 Å². The molecule has 0 aromatic carbocycles. The van der Waals surface area contributed by atoms with Gasteiger partial charge in [0.1, 0.15) is 0 Å². The molecule has 0 radical (unpaired) electrons. The minimum atomic E-state index is -0.935. The third-order valence-corrected chi connectivity index (χ3v) is 2.07. The van der Waals surface area contributed by atoms with Gasteiger partial charge in [0.25, 0.3) is 0 Å². The highest BCUT2D eigenvalue weighted by Gasteiger charge is 2.39. The molecule has 0 amide bonds. The topological polar surface area (TPSA) is 111 Å². The van der Waals surface area contributed by atoms with Crippen LogP contribution in [0, 0.1) is 0 Å². The lowest BCUT2D eigenvalue weighted by atomic mass is 10.2. The maximum Gasteiger partial charge on any atom is 0.305 e. The van der Waals surface area contributed by atoms with Crippen molar-refractivity contribution in [3.8, 4) is 0 Å². The molecule has 1 saturated heterocycles. The van der Waals surface area contributed by atoms with Crippen LogP contribution in [0.3, 0.4) is 0 Å². The quantitative estimate of drug-likeness (QED) is 0.315. The van der Waals surface area contributed by atoms with Crippen LogP contribution in [-0.2, 0) is 23.8 Å². The van der Waals surface area contributed by atoms with E-state index in [1.807, 2.05) is 0 Å². The molecule has 1 unspecified atom stereocenters. The molecule has 0 aromatic heterocycles. The maximum absolute atomic E-state index is 10.9. The molecule has 8 heteroatoms. The Morgan fingerprint density at radius 3 is 2.59 bits per heavy atom. The van der Waals surface area contributed by atoms with Crippen LogP contribution in [0.1, 0.15) is 20.3 Å². The third kappa shape index (κ3) is 4.29. The van der Waals surface area contributed by atoms with Crippen LogP contribution >= 0.6 is 0 Å². The Kier molecular flexibility index (Phi) is 4.74. The zero-order valence-electron chi connectivity index (χ0n) is 9.53. The summed E-state index contributed by atoms with van der Waals surface area (Å²) < 4.78 is 15.1. The minimum absolute atomic E-state index is 0.103. The van der Waals surface area contributed by atoms with Crippen LogP contribution in [0.25, 0.3) is 10.4 Å². The van der Waals surface area contributed by atoms with Gasteiger partial charge in [-0.05, 0) is 5.53 Å². The number of azide groups is 1. The lowest BCUT2D eigenvalue weighted by Crippen LogP contribution is -2.30. The van der Waals surface area contributed by atoms with E-state index in [0.717, 1.165) is 0 Å². The van der Waals surface area contributed by atoms with Crippen molar-refractivity contribution in [1.29, 1.82) is 0 Å². The summed E-state index contributed by atoms with van der Waals surface area (Å²) in [6, 6.07) is 0. The van der Waals surface area contributed by atoms with Gasteiger partial charge in [0.05, 0.1) is 12.6 Å². The van der Waals surface area contributed by atoms with Crippen molar-refractivity contribution in [3.05, 3.63) is 10.4 Å². The largest absolute Gasteiger partial charge is 0.456 e. The van der Waals surface area contributed by atoms with E-state index in [2.05, 4.69) is 10.0 Å². The molecule has 0 aromatic rings. The van der Waals surface area contributed by atoms with Gasteiger partial charge in [0.2, 0.25) is 6.29 Å². The van der Waals surface area contributed by atoms with Gasteiger partial charge in [0, 0.05) is 25.2 Å². The molecular formula is C9H13N3O5. The van der Waals surface area contributed by atoms with Gasteiger partial charge in [-0.15, -0.1) is 0 Å². The van der Waals surface area contributed by atoms with Gasteiger partial charge >= 0.3 is 11.9 Å². The second kappa shape index (κ2) is 6.07. The van der Waals surface area contributed by atoms with Crippen molar-refractivity contribution in [1.82, 2.24) is 0 Å². The summed E-state index contributed by atoms with van der Waals surface area (Å²) in [6.45, 7) is 2.59. The highest BCUT2D eigenvalue weighted by molar-refractivity contribution is 5.67. The van der Waals surface area contributed by atoms with Crippen LogP contribution in [0.5, 0.6) is 0 Å². The van der Waals surface area contributed by atoms with Crippen molar-refractivity contribution in [2.24, 2.45) is 5.11 Å². The van der Waals surface area contributed by atoms with Crippen LogP contribution < -0.4 is 0 Å². The van der Waals surface area contributed by atoms with Crippen LogP contribution in [-0.4, -0.2) is 37.0 Å². The second-order valence-corrected chi connectivity index (χ2v) is 3.53. The summed E-state index contributed by atoms with van der Waals surface area (Å²) in [4.78, 5) is 24.3. The number of carbonyl (C=O) groups excluding carboxylic acids is 2. The Balaban J connectivity index is 2.60. The predicted octanol–water partition coefficient (Wildman–Crippen LogP) is 0.906. The van der Waals surface area contributed by atoms with E-state index in [9.17, 15) is 9.59 Å². The fourth-order valence-electron chi connectivity index (χ4n) is 1.53. The minimum Gasteiger partial charge on any atom is -0.456 e. The highest BCUT2D eigenvalue weighted by Crippen LogP contribution is 2.24. The van der Waals surface area contributed by atoms with Crippen molar-refractivity contribution in [2.45, 2.75) is 38.8 Å². The average molecular weight is 243 g/mol. The standard InChI is InChI=1S/C9H13N3O5/c1-5(13)15-8-3-7(4-11-12-10)17-9(8)16-6(2)14/h7-9H,3-4H2,1-2H3/t7-,8-,9?/m1/s1. The number of ether oxygens (including phenoxy) is 3. The first kappa shape index (κ1) is 13.3. The molecule has 0 saturated carbocycles. The number of nitrogens with zero attached hydrogens (tertiary/aromatic N) is 3. The van der Waals surface area contributed by atoms with Crippen molar-refractivity contribution >= 4 is 11.9 Å². The average Bonchev–Trinajstić information content (AvgIpc) is 2.56. The van der Waals surface area contributed by atoms with E-state index in [1.165, 1.54) is 13.8 Å². The number of hydrogen-bond acceptors (Lipinski definition) is 6. The van der Waals surface area contributed by atoms with Crippen molar-refractivity contribution in [2.75, 3.05) is 6.54 Å². The SMILES string of the molecule is CC(=O)OC1O[C@@H](CN=[N+]=[N-])C[C@H]1OC(C)=O. The van der Waals surface area contributed by atoms with Gasteiger partial charge < -0.3 is 14.2 Å². The van der Waals surface area contributed by atoms with E-state index < -0.39 is 30.4 Å². The normalized spacial score (nSPS) is 27.1. The smallest absolute Gasteiger partial charge is 0.305 e. The molecule has 1 aliphatic rings. The summed E-state index contributed by atoms with van der Waals surface area (Å²) in [6.07, 6.45) is -1.68. The Morgan fingerprint density at radius 1 is 1.41 bits per heavy atom. The molecular weight excluding hydrogens is 230 g/mol. The summed E-state index contributed by atoms with van der Waals surface area (Å²) in [7, 11) is 0. The first-order valence-electron chi connectivity index (χ1n) is 5.03. The van der Waals surface area contributed by atoms with E-state index in [0.29, 0.717) is 6.42 Å². The number of esters is 2. The molecule has 1 fully saturated rings. The second-order valence-electron chi connectivity index (χ2n) is 3.53. The Morgan fingerprint density at radius 2 is 2.06 bits per heavy atom. The van der Waals surface area contributed by atoms with Crippen LogP contribution in [0.2, 0.25) is 0 Å². The highest BCUT2D eigenvalue weighted by atomic mass is 16.7. The Bertz CT molecular complexity index is 329. The third-order valence-electron chi connectivity index (χ3n) is 2.07. The lowest BCUT2D eigenvalue weighted by molar-refractivity contribution is -0.193. The van der Waals surface area contributed by atoms with Crippen LogP contribution in [0.4, 0.5) is 0 Å². The van der Waals surface area contributed by atoms with Gasteiger partial charge in [0.15, 0.2) is 6.10 Å². The fourth-order valence-corrected chi connectivity index (χ4v) is 1.53. The fraction of sp³-hybridized carbons (Fsp3) is 0.778. The maximum atomic E-state index is 10.9. The monoisotopic (exact) mass is 243 g/mol. The first-order valence-corrected chi connectivity index (χ1v) is 5.03. The van der Waals surface area contributed by atoms with Gasteiger partial charge in [-0.3, -0.25) is 9.59 Å². The summed E-state index contributed by atoms with van der Waals surface area (Å²) in [5.74, 6) is -1.02. The van der Waals surface area contributed by atoms with E-state index in [-0.39, 0.29) is 6.54 Å². The zero-order valence-corrected chi connectivity index (χ0v) is 9.53. The molecule has 0 aliphatic carbocycles. The summed E-state index contributed by atoms with van der Waals surface area (Å²) >= 11 is 0. The molecule has 8 nitrogen and oxygen atoms in total. The summed E-state index contributed by atoms with van der Waals surface area (Å²) in [5.41, 5.74) is 8.18. The predicted molar refractivity (Wildman–Crippen MR) is 54.6 cm³/mol.